The number of hydrogen-bond acceptors (Lipinski definition) is 6. The first-order valence-electron chi connectivity index (χ1n) is 8.35. The third-order valence-electron chi connectivity index (χ3n) is 4.02. The van der Waals surface area contributed by atoms with E-state index in [1.165, 1.54) is 16.9 Å². The summed E-state index contributed by atoms with van der Waals surface area (Å²) in [6.45, 7) is 0.184. The summed E-state index contributed by atoms with van der Waals surface area (Å²) in [5, 5.41) is 12.4. The highest BCUT2D eigenvalue weighted by Gasteiger charge is 2.17. The molecule has 0 saturated heterocycles. The number of ether oxygens (including phenoxy) is 2. The number of carbonyl (C=O) groups excluding carboxylic acids is 1. The highest BCUT2D eigenvalue weighted by Crippen LogP contribution is 2.32. The Bertz CT molecular complexity index is 911. The Hall–Kier alpha value is -2.93. The Morgan fingerprint density at radius 2 is 1.88 bits per heavy atom. The molecule has 0 radical (unpaired) electrons. The van der Waals surface area contributed by atoms with Crippen LogP contribution in [0.3, 0.4) is 0 Å². The van der Waals surface area contributed by atoms with E-state index < -0.39 is 0 Å². The van der Waals surface area contributed by atoms with Gasteiger partial charge in [0, 0.05) is 12.0 Å². The lowest BCUT2D eigenvalue weighted by molar-refractivity contribution is 0.102. The number of hydrogen-bond donors (Lipinski definition) is 1. The second-order valence-corrected chi connectivity index (χ2v) is 6.92. The molecule has 0 bridgehead atoms. The molecule has 1 aliphatic rings. The first kappa shape index (κ1) is 16.5. The molecule has 2 heterocycles. The van der Waals surface area contributed by atoms with Gasteiger partial charge in [-0.05, 0) is 36.6 Å². The van der Waals surface area contributed by atoms with Crippen LogP contribution in [0.4, 0.5) is 5.13 Å². The second kappa shape index (κ2) is 7.53. The molecule has 0 saturated carbocycles. The van der Waals surface area contributed by atoms with E-state index in [2.05, 4.69) is 27.6 Å². The van der Waals surface area contributed by atoms with Crippen molar-refractivity contribution in [2.24, 2.45) is 0 Å². The maximum atomic E-state index is 12.4. The van der Waals surface area contributed by atoms with Crippen molar-refractivity contribution in [2.45, 2.75) is 19.3 Å². The van der Waals surface area contributed by atoms with E-state index in [1.807, 2.05) is 18.2 Å². The molecule has 132 valence electrons. The van der Waals surface area contributed by atoms with Crippen LogP contribution >= 0.6 is 11.3 Å². The Kier molecular flexibility index (Phi) is 4.79. The van der Waals surface area contributed by atoms with Gasteiger partial charge in [-0.3, -0.25) is 10.1 Å². The number of benzene rings is 2. The van der Waals surface area contributed by atoms with E-state index in [0.717, 1.165) is 24.3 Å². The molecular formula is C19H17N3O3S. The fourth-order valence-electron chi connectivity index (χ4n) is 2.70. The van der Waals surface area contributed by atoms with Crippen LogP contribution in [0.25, 0.3) is 0 Å². The van der Waals surface area contributed by atoms with Gasteiger partial charge in [-0.25, -0.2) is 0 Å². The lowest BCUT2D eigenvalue weighted by Crippen LogP contribution is -2.11. The molecule has 6 nitrogen and oxygen atoms in total. The first-order valence-corrected chi connectivity index (χ1v) is 9.17. The van der Waals surface area contributed by atoms with Gasteiger partial charge in [0.2, 0.25) is 11.9 Å². The quantitative estimate of drug-likeness (QED) is 0.719. The van der Waals surface area contributed by atoms with E-state index in [4.69, 9.17) is 9.47 Å². The van der Waals surface area contributed by atoms with Gasteiger partial charge in [0.15, 0.2) is 11.5 Å². The Balaban J connectivity index is 1.32. The lowest BCUT2D eigenvalue weighted by atomic mass is 10.1. The third-order valence-corrected chi connectivity index (χ3v) is 4.92. The summed E-state index contributed by atoms with van der Waals surface area (Å²) >= 11 is 1.41. The van der Waals surface area contributed by atoms with Crippen molar-refractivity contribution in [3.8, 4) is 11.5 Å². The standard InChI is InChI=1S/C19H17N3O3S/c23-18(14-9-10-15-16(11-14)25-12-24-15)20-19-22-21-17(26-19)8-4-7-13-5-2-1-3-6-13/h1-3,5-6,9-11H,4,7-8,12H2,(H,20,22,23). The average Bonchev–Trinajstić information content (AvgIpc) is 3.31. The molecule has 0 unspecified atom stereocenters. The highest BCUT2D eigenvalue weighted by atomic mass is 32.1. The van der Waals surface area contributed by atoms with Crippen LogP contribution in [0.15, 0.2) is 48.5 Å². The van der Waals surface area contributed by atoms with Crippen LogP contribution in [-0.4, -0.2) is 22.9 Å². The van der Waals surface area contributed by atoms with Crippen molar-refractivity contribution in [2.75, 3.05) is 12.1 Å². The van der Waals surface area contributed by atoms with Crippen molar-refractivity contribution in [1.29, 1.82) is 0 Å². The molecule has 0 atom stereocenters. The number of nitrogens with zero attached hydrogens (tertiary/aromatic N) is 2. The van der Waals surface area contributed by atoms with Crippen LogP contribution < -0.4 is 14.8 Å². The maximum absolute atomic E-state index is 12.4. The lowest BCUT2D eigenvalue weighted by Gasteiger charge is -2.02. The number of carbonyl (C=O) groups is 1. The van der Waals surface area contributed by atoms with Crippen molar-refractivity contribution >= 4 is 22.4 Å². The smallest absolute Gasteiger partial charge is 0.257 e. The zero-order valence-corrected chi connectivity index (χ0v) is 14.8. The predicted octanol–water partition coefficient (Wildman–Crippen LogP) is 3.69. The van der Waals surface area contributed by atoms with Gasteiger partial charge in [0.1, 0.15) is 5.01 Å². The molecule has 1 amide bonds. The number of nitrogens with one attached hydrogen (secondary N) is 1. The van der Waals surface area contributed by atoms with Crippen LogP contribution in [0, 0.1) is 0 Å². The average molecular weight is 367 g/mol. The van der Waals surface area contributed by atoms with Crippen LogP contribution in [-0.2, 0) is 12.8 Å². The molecule has 4 rings (SSSR count). The SMILES string of the molecule is O=C(Nc1nnc(CCCc2ccccc2)s1)c1ccc2c(c1)OCO2. The van der Waals surface area contributed by atoms with Crippen LogP contribution in [0.1, 0.15) is 27.3 Å². The Morgan fingerprint density at radius 3 is 2.77 bits per heavy atom. The summed E-state index contributed by atoms with van der Waals surface area (Å²) < 4.78 is 10.5. The number of rotatable bonds is 6. The van der Waals surface area contributed by atoms with E-state index in [1.54, 1.807) is 18.2 Å². The number of fused-ring (bicyclic) bond motifs is 1. The largest absolute Gasteiger partial charge is 0.454 e. The van der Waals surface area contributed by atoms with Gasteiger partial charge in [0.25, 0.3) is 5.91 Å². The van der Waals surface area contributed by atoms with Gasteiger partial charge in [0.05, 0.1) is 0 Å². The van der Waals surface area contributed by atoms with Crippen molar-refractivity contribution in [1.82, 2.24) is 10.2 Å². The zero-order valence-electron chi connectivity index (χ0n) is 14.0. The maximum Gasteiger partial charge on any atom is 0.257 e. The first-order chi connectivity index (χ1) is 12.8. The number of aromatic nitrogens is 2. The molecule has 3 aromatic rings. The molecule has 2 aromatic carbocycles. The molecule has 26 heavy (non-hydrogen) atoms. The fourth-order valence-corrected chi connectivity index (χ4v) is 3.48. The molecule has 0 spiro atoms. The Morgan fingerprint density at radius 1 is 1.04 bits per heavy atom. The van der Waals surface area contributed by atoms with Crippen molar-refractivity contribution < 1.29 is 14.3 Å². The normalized spacial score (nSPS) is 12.2. The zero-order chi connectivity index (χ0) is 17.8. The minimum Gasteiger partial charge on any atom is -0.454 e. The summed E-state index contributed by atoms with van der Waals surface area (Å²) in [5.41, 5.74) is 1.81. The Labute approximate surface area is 154 Å². The van der Waals surface area contributed by atoms with Crippen LogP contribution in [0.5, 0.6) is 11.5 Å². The molecule has 7 heteroatoms. The fraction of sp³-hybridized carbons (Fsp3) is 0.211. The summed E-state index contributed by atoms with van der Waals surface area (Å²) in [6.07, 6.45) is 2.83. The molecule has 1 aliphatic heterocycles. The third kappa shape index (κ3) is 3.83. The van der Waals surface area contributed by atoms with Gasteiger partial charge in [-0.15, -0.1) is 10.2 Å². The van der Waals surface area contributed by atoms with Gasteiger partial charge >= 0.3 is 0 Å². The molecule has 0 aliphatic carbocycles. The van der Waals surface area contributed by atoms with Gasteiger partial charge in [-0.2, -0.15) is 0 Å². The number of anilines is 1. The minimum absolute atomic E-state index is 0.184. The van der Waals surface area contributed by atoms with E-state index >= 15 is 0 Å². The van der Waals surface area contributed by atoms with E-state index in [9.17, 15) is 4.79 Å². The molecule has 1 N–H and O–H groups in total. The topological polar surface area (TPSA) is 73.3 Å². The van der Waals surface area contributed by atoms with Gasteiger partial charge in [-0.1, -0.05) is 41.7 Å². The summed E-state index contributed by atoms with van der Waals surface area (Å²) in [4.78, 5) is 12.4. The van der Waals surface area contributed by atoms with Gasteiger partial charge < -0.3 is 9.47 Å². The molecular weight excluding hydrogens is 350 g/mol. The molecule has 1 aromatic heterocycles. The number of aryl methyl sites for hydroxylation is 2. The van der Waals surface area contributed by atoms with E-state index in [0.29, 0.717) is 22.2 Å². The summed E-state index contributed by atoms with van der Waals surface area (Å²) in [7, 11) is 0. The summed E-state index contributed by atoms with van der Waals surface area (Å²) in [5.74, 6) is 0.991. The summed E-state index contributed by atoms with van der Waals surface area (Å²) in [6, 6.07) is 15.4. The van der Waals surface area contributed by atoms with Crippen LogP contribution in [0.2, 0.25) is 0 Å². The molecule has 0 fully saturated rings. The second-order valence-electron chi connectivity index (χ2n) is 5.86. The highest BCUT2D eigenvalue weighted by molar-refractivity contribution is 7.15. The number of amides is 1. The predicted molar refractivity (Wildman–Crippen MR) is 98.9 cm³/mol. The van der Waals surface area contributed by atoms with Crippen molar-refractivity contribution in [3.05, 3.63) is 64.7 Å². The minimum atomic E-state index is -0.240. The van der Waals surface area contributed by atoms with Crippen molar-refractivity contribution in [3.63, 3.8) is 0 Å². The monoisotopic (exact) mass is 367 g/mol. The van der Waals surface area contributed by atoms with E-state index in [-0.39, 0.29) is 12.7 Å².